The molecule has 0 bridgehead atoms. The molecule has 0 aliphatic carbocycles. The van der Waals surface area contributed by atoms with E-state index in [1.54, 1.807) is 18.3 Å². The van der Waals surface area contributed by atoms with E-state index in [0.717, 1.165) is 11.6 Å². The van der Waals surface area contributed by atoms with E-state index in [4.69, 9.17) is 0 Å². The molecule has 1 aromatic heterocycles. The quantitative estimate of drug-likeness (QED) is 0.218. The van der Waals surface area contributed by atoms with Crippen molar-refractivity contribution in [1.29, 1.82) is 0 Å². The molecule has 0 amide bonds. The van der Waals surface area contributed by atoms with Crippen LogP contribution in [0.25, 0.3) is 0 Å². The summed E-state index contributed by atoms with van der Waals surface area (Å²) in [5.74, 6) is 0.825. The molecule has 0 spiro atoms. The lowest BCUT2D eigenvalue weighted by Crippen LogP contribution is -2.38. The molecule has 23 heavy (non-hydrogen) atoms. The lowest BCUT2D eigenvalue weighted by Gasteiger charge is -2.11. The van der Waals surface area contributed by atoms with Crippen LogP contribution in [0.1, 0.15) is 30.2 Å². The topological polar surface area (TPSA) is 95.5 Å². The van der Waals surface area contributed by atoms with Gasteiger partial charge in [-0.2, -0.15) is 0 Å². The average Bonchev–Trinajstić information content (AvgIpc) is 2.90. The highest BCUT2D eigenvalue weighted by Crippen LogP contribution is 2.11. The molecule has 3 N–H and O–H groups in total. The summed E-state index contributed by atoms with van der Waals surface area (Å²) < 4.78 is 25.1. The monoisotopic (exact) mass is 475 g/mol. The minimum atomic E-state index is -3.10. The summed E-state index contributed by atoms with van der Waals surface area (Å²) >= 11 is 1.63. The molecule has 0 saturated carbocycles. The number of guanidine groups is 1. The Morgan fingerprint density at radius 2 is 2.04 bits per heavy atom. The van der Waals surface area contributed by atoms with E-state index in [2.05, 4.69) is 25.3 Å². The lowest BCUT2D eigenvalue weighted by molar-refractivity contribution is 0.579. The number of sulfonamides is 1. The van der Waals surface area contributed by atoms with Gasteiger partial charge in [0.25, 0.3) is 0 Å². The summed E-state index contributed by atoms with van der Waals surface area (Å²) in [6.45, 7) is 8.02. The molecule has 0 radical (unpaired) electrons. The lowest BCUT2D eigenvalue weighted by atomic mass is 10.4. The first-order valence-electron chi connectivity index (χ1n) is 7.37. The number of nitrogens with one attached hydrogen (secondary N) is 3. The van der Waals surface area contributed by atoms with Crippen LogP contribution in [0.15, 0.2) is 11.2 Å². The number of nitrogens with zero attached hydrogens (tertiary/aromatic N) is 2. The molecule has 0 aromatic carbocycles. The number of hydrogen-bond donors (Lipinski definition) is 3. The smallest absolute Gasteiger partial charge is 0.211 e. The van der Waals surface area contributed by atoms with Gasteiger partial charge < -0.3 is 10.6 Å². The van der Waals surface area contributed by atoms with Crippen molar-refractivity contribution in [2.75, 3.05) is 25.4 Å². The SMILES string of the molecule is CCNC(=NCc1ncc(C)s1)NCCCNS(=O)(=O)CC.I. The summed E-state index contributed by atoms with van der Waals surface area (Å²) in [5.41, 5.74) is 0. The maximum atomic E-state index is 11.3. The van der Waals surface area contributed by atoms with Crippen LogP contribution >= 0.6 is 35.3 Å². The number of hydrogen-bond acceptors (Lipinski definition) is 5. The molecular formula is C13H26IN5O2S2. The van der Waals surface area contributed by atoms with E-state index >= 15 is 0 Å². The maximum absolute atomic E-state index is 11.3. The molecule has 0 unspecified atom stereocenters. The Morgan fingerprint density at radius 1 is 1.30 bits per heavy atom. The highest BCUT2D eigenvalue weighted by Gasteiger charge is 2.05. The van der Waals surface area contributed by atoms with Crippen molar-refractivity contribution < 1.29 is 8.42 Å². The van der Waals surface area contributed by atoms with Gasteiger partial charge in [0.2, 0.25) is 10.0 Å². The first-order valence-corrected chi connectivity index (χ1v) is 9.84. The first-order chi connectivity index (χ1) is 10.5. The highest BCUT2D eigenvalue weighted by molar-refractivity contribution is 14.0. The third-order valence-corrected chi connectivity index (χ3v) is 5.04. The van der Waals surface area contributed by atoms with Gasteiger partial charge in [0.15, 0.2) is 5.96 Å². The van der Waals surface area contributed by atoms with Gasteiger partial charge in [-0.1, -0.05) is 0 Å². The molecule has 1 heterocycles. The summed E-state index contributed by atoms with van der Waals surface area (Å²) in [6.07, 6.45) is 2.54. The minimum Gasteiger partial charge on any atom is -0.357 e. The molecule has 7 nitrogen and oxygen atoms in total. The van der Waals surface area contributed by atoms with Gasteiger partial charge in [0.1, 0.15) is 5.01 Å². The molecule has 0 atom stereocenters. The third kappa shape index (κ3) is 10.1. The van der Waals surface area contributed by atoms with E-state index in [-0.39, 0.29) is 29.7 Å². The molecule has 1 aromatic rings. The largest absolute Gasteiger partial charge is 0.357 e. The molecule has 0 aliphatic rings. The summed E-state index contributed by atoms with van der Waals surface area (Å²) in [4.78, 5) is 9.91. The van der Waals surface area contributed by atoms with Crippen molar-refractivity contribution in [3.63, 3.8) is 0 Å². The molecule has 0 saturated heterocycles. The van der Waals surface area contributed by atoms with E-state index in [0.29, 0.717) is 32.0 Å². The van der Waals surface area contributed by atoms with Crippen molar-refractivity contribution in [2.24, 2.45) is 4.99 Å². The normalized spacial score (nSPS) is 11.9. The predicted molar refractivity (Wildman–Crippen MR) is 107 cm³/mol. The van der Waals surface area contributed by atoms with Crippen LogP contribution in [-0.4, -0.2) is 44.7 Å². The minimum absolute atomic E-state index is 0. The Kier molecular flexibility index (Phi) is 11.7. The predicted octanol–water partition coefficient (Wildman–Crippen LogP) is 1.45. The molecular weight excluding hydrogens is 449 g/mol. The number of rotatable bonds is 9. The maximum Gasteiger partial charge on any atom is 0.211 e. The average molecular weight is 475 g/mol. The van der Waals surface area contributed by atoms with Gasteiger partial charge in [-0.3, -0.25) is 0 Å². The van der Waals surface area contributed by atoms with Crippen LogP contribution in [-0.2, 0) is 16.6 Å². The van der Waals surface area contributed by atoms with Crippen LogP contribution in [0.4, 0.5) is 0 Å². The number of halogens is 1. The van der Waals surface area contributed by atoms with E-state index in [9.17, 15) is 8.42 Å². The zero-order valence-electron chi connectivity index (χ0n) is 13.8. The second kappa shape index (κ2) is 12.0. The molecule has 1 rings (SSSR count). The Labute approximate surface area is 159 Å². The number of aliphatic imine (C=N–C) groups is 1. The highest BCUT2D eigenvalue weighted by atomic mass is 127. The van der Waals surface area contributed by atoms with Crippen molar-refractivity contribution >= 4 is 51.3 Å². The first kappa shape index (κ1) is 22.5. The van der Waals surface area contributed by atoms with Gasteiger partial charge in [-0.25, -0.2) is 23.1 Å². The second-order valence-electron chi connectivity index (χ2n) is 4.64. The number of aromatic nitrogens is 1. The van der Waals surface area contributed by atoms with E-state index in [1.165, 1.54) is 4.88 Å². The zero-order chi connectivity index (χ0) is 16.4. The fraction of sp³-hybridized carbons (Fsp3) is 0.692. The van der Waals surface area contributed by atoms with Crippen LogP contribution in [0.3, 0.4) is 0 Å². The van der Waals surface area contributed by atoms with Gasteiger partial charge in [0.05, 0.1) is 12.3 Å². The third-order valence-electron chi connectivity index (χ3n) is 2.73. The summed E-state index contributed by atoms with van der Waals surface area (Å²) in [6, 6.07) is 0. The van der Waals surface area contributed by atoms with Crippen LogP contribution in [0.2, 0.25) is 0 Å². The van der Waals surface area contributed by atoms with Crippen LogP contribution in [0, 0.1) is 6.92 Å². The van der Waals surface area contributed by atoms with Gasteiger partial charge >= 0.3 is 0 Å². The number of thiazole rings is 1. The van der Waals surface area contributed by atoms with Gasteiger partial charge in [-0.15, -0.1) is 35.3 Å². The van der Waals surface area contributed by atoms with E-state index in [1.807, 2.05) is 20.0 Å². The Bertz CT molecular complexity index is 575. The van der Waals surface area contributed by atoms with E-state index < -0.39 is 10.0 Å². The van der Waals surface area contributed by atoms with Crippen molar-refractivity contribution in [1.82, 2.24) is 20.3 Å². The molecule has 134 valence electrons. The Hall–Kier alpha value is -0.460. The zero-order valence-corrected chi connectivity index (χ0v) is 17.7. The second-order valence-corrected chi connectivity index (χ2v) is 8.05. The molecule has 10 heteroatoms. The number of aryl methyl sites for hydroxylation is 1. The van der Waals surface area contributed by atoms with Crippen molar-refractivity contribution in [2.45, 2.75) is 33.7 Å². The summed E-state index contributed by atoms with van der Waals surface area (Å²) in [5, 5.41) is 7.32. The molecule has 0 fully saturated rings. The standard InChI is InChI=1S/C13H25N5O2S2.HI/c1-4-14-13(17-10-12-16-9-11(3)21-12)15-7-6-8-18-22(19,20)5-2;/h9,18H,4-8,10H2,1-3H3,(H2,14,15,17);1H. The fourth-order valence-electron chi connectivity index (χ4n) is 1.59. The fourth-order valence-corrected chi connectivity index (χ4v) is 2.96. The van der Waals surface area contributed by atoms with Crippen molar-refractivity contribution in [3.8, 4) is 0 Å². The Balaban J connectivity index is 0.00000484. The molecule has 0 aliphatic heterocycles. The van der Waals surface area contributed by atoms with Crippen LogP contribution in [0.5, 0.6) is 0 Å². The summed E-state index contributed by atoms with van der Waals surface area (Å²) in [7, 11) is -3.10. The van der Waals surface area contributed by atoms with Gasteiger partial charge in [0, 0.05) is 30.7 Å². The van der Waals surface area contributed by atoms with Crippen molar-refractivity contribution in [3.05, 3.63) is 16.1 Å². The Morgan fingerprint density at radius 3 is 2.61 bits per heavy atom. The van der Waals surface area contributed by atoms with Crippen LogP contribution < -0.4 is 15.4 Å². The van der Waals surface area contributed by atoms with Gasteiger partial charge in [-0.05, 0) is 27.2 Å².